The van der Waals surface area contributed by atoms with Gasteiger partial charge in [-0.15, -0.1) is 0 Å². The second-order valence-electron chi connectivity index (χ2n) is 6.57. The minimum absolute atomic E-state index is 0.0831. The molecule has 7 nitrogen and oxygen atoms in total. The van der Waals surface area contributed by atoms with Crippen LogP contribution >= 0.6 is 0 Å². The molecule has 0 fully saturated rings. The van der Waals surface area contributed by atoms with Gasteiger partial charge in [0.25, 0.3) is 0 Å². The highest BCUT2D eigenvalue weighted by Gasteiger charge is 2.20. The fraction of sp³-hybridized carbons (Fsp3) is 0.450. The summed E-state index contributed by atoms with van der Waals surface area (Å²) >= 11 is 0. The number of rotatable bonds is 9. The molecule has 27 heavy (non-hydrogen) atoms. The molecule has 1 heterocycles. The van der Waals surface area contributed by atoms with Crippen molar-refractivity contribution in [3.05, 3.63) is 46.8 Å². The number of aromatic nitrogens is 2. The predicted octanol–water partition coefficient (Wildman–Crippen LogP) is 2.04. The number of hydrogen-bond acceptors (Lipinski definition) is 4. The molecular weight excluding hydrogens is 346 g/mol. The third kappa shape index (κ3) is 5.57. The largest absolute Gasteiger partial charge is 0.494 e. The maximum Gasteiger partial charge on any atom is 0.308 e. The standard InChI is InChI=1S/C20H27N3O4/c1-5-27-17-8-6-15(7-9-17)10-16(20(25)26)12-21-19(24)11-18-13(2)22-23(4)14(18)3/h6-9,16H,5,10-12H2,1-4H3,(H,21,24)(H,25,26). The van der Waals surface area contributed by atoms with Crippen molar-refractivity contribution in [3.8, 4) is 5.75 Å². The lowest BCUT2D eigenvalue weighted by atomic mass is 9.99. The number of nitrogens with one attached hydrogen (secondary N) is 1. The Labute approximate surface area is 159 Å². The highest BCUT2D eigenvalue weighted by Crippen LogP contribution is 2.16. The van der Waals surface area contributed by atoms with Crippen LogP contribution in [0.3, 0.4) is 0 Å². The second-order valence-corrected chi connectivity index (χ2v) is 6.57. The summed E-state index contributed by atoms with van der Waals surface area (Å²) in [5, 5.41) is 16.5. The van der Waals surface area contributed by atoms with E-state index in [0.717, 1.165) is 28.3 Å². The van der Waals surface area contributed by atoms with Crippen LogP contribution in [0.1, 0.15) is 29.4 Å². The van der Waals surface area contributed by atoms with Crippen molar-refractivity contribution in [1.29, 1.82) is 0 Å². The van der Waals surface area contributed by atoms with E-state index < -0.39 is 11.9 Å². The van der Waals surface area contributed by atoms with Crippen LogP contribution in [0.4, 0.5) is 0 Å². The van der Waals surface area contributed by atoms with Gasteiger partial charge in [0.15, 0.2) is 0 Å². The summed E-state index contributed by atoms with van der Waals surface area (Å²) in [5.41, 5.74) is 3.52. The molecule has 0 saturated heterocycles. The van der Waals surface area contributed by atoms with Gasteiger partial charge >= 0.3 is 5.97 Å². The lowest BCUT2D eigenvalue weighted by Gasteiger charge is -2.14. The Kier molecular flexibility index (Phi) is 6.98. The molecule has 0 bridgehead atoms. The van der Waals surface area contributed by atoms with Gasteiger partial charge in [-0.05, 0) is 44.9 Å². The van der Waals surface area contributed by atoms with Gasteiger partial charge in [0.05, 0.1) is 24.6 Å². The smallest absolute Gasteiger partial charge is 0.308 e. The average molecular weight is 373 g/mol. The molecule has 0 aliphatic carbocycles. The Morgan fingerprint density at radius 2 is 1.93 bits per heavy atom. The molecule has 1 unspecified atom stereocenters. The fourth-order valence-electron chi connectivity index (χ4n) is 2.95. The van der Waals surface area contributed by atoms with Crippen LogP contribution in [0.15, 0.2) is 24.3 Å². The SMILES string of the molecule is CCOc1ccc(CC(CNC(=O)Cc2c(C)nn(C)c2C)C(=O)O)cc1. The van der Waals surface area contributed by atoms with Crippen molar-refractivity contribution in [2.75, 3.05) is 13.2 Å². The number of amides is 1. The van der Waals surface area contributed by atoms with Crippen molar-refractivity contribution >= 4 is 11.9 Å². The molecule has 2 rings (SSSR count). The van der Waals surface area contributed by atoms with Gasteiger partial charge in [-0.1, -0.05) is 12.1 Å². The van der Waals surface area contributed by atoms with E-state index >= 15 is 0 Å². The van der Waals surface area contributed by atoms with Gasteiger partial charge in [0.1, 0.15) is 5.75 Å². The normalized spacial score (nSPS) is 11.9. The number of benzene rings is 1. The molecule has 2 N–H and O–H groups in total. The molecule has 0 saturated carbocycles. The van der Waals surface area contributed by atoms with E-state index in [4.69, 9.17) is 4.74 Å². The number of carboxylic acids is 1. The first-order valence-electron chi connectivity index (χ1n) is 9.02. The summed E-state index contributed by atoms with van der Waals surface area (Å²) in [6.45, 7) is 6.35. The number of aryl methyl sites for hydroxylation is 2. The molecule has 0 radical (unpaired) electrons. The summed E-state index contributed by atoms with van der Waals surface area (Å²) in [6.07, 6.45) is 0.536. The fourth-order valence-corrected chi connectivity index (χ4v) is 2.95. The number of nitrogens with zero attached hydrogens (tertiary/aromatic N) is 2. The van der Waals surface area contributed by atoms with E-state index in [0.29, 0.717) is 13.0 Å². The van der Waals surface area contributed by atoms with E-state index in [1.54, 1.807) is 4.68 Å². The van der Waals surface area contributed by atoms with Gasteiger partial charge in [0.2, 0.25) is 5.91 Å². The summed E-state index contributed by atoms with van der Waals surface area (Å²) in [6, 6.07) is 7.35. The molecule has 1 amide bonds. The zero-order valence-electron chi connectivity index (χ0n) is 16.3. The molecule has 1 aromatic heterocycles. The van der Waals surface area contributed by atoms with E-state index in [1.807, 2.05) is 52.1 Å². The maximum atomic E-state index is 12.3. The van der Waals surface area contributed by atoms with Crippen LogP contribution in [0.2, 0.25) is 0 Å². The lowest BCUT2D eigenvalue weighted by molar-refractivity contribution is -0.141. The second kappa shape index (κ2) is 9.21. The van der Waals surface area contributed by atoms with E-state index in [-0.39, 0.29) is 18.9 Å². The van der Waals surface area contributed by atoms with Crippen LogP contribution < -0.4 is 10.1 Å². The molecule has 1 atom stereocenters. The Hall–Kier alpha value is -2.83. The Balaban J connectivity index is 1.93. The summed E-state index contributed by atoms with van der Waals surface area (Å²) in [5.74, 6) is -1.07. The molecular formula is C20H27N3O4. The number of ether oxygens (including phenoxy) is 1. The molecule has 1 aromatic carbocycles. The van der Waals surface area contributed by atoms with Crippen molar-refractivity contribution in [1.82, 2.24) is 15.1 Å². The van der Waals surface area contributed by atoms with Gasteiger partial charge < -0.3 is 15.2 Å². The summed E-state index contributed by atoms with van der Waals surface area (Å²) in [4.78, 5) is 23.8. The third-order valence-electron chi connectivity index (χ3n) is 4.61. The minimum atomic E-state index is -0.932. The van der Waals surface area contributed by atoms with E-state index in [1.165, 1.54) is 0 Å². The first kappa shape index (κ1) is 20.5. The van der Waals surface area contributed by atoms with Gasteiger partial charge in [0, 0.05) is 24.8 Å². The highest BCUT2D eigenvalue weighted by molar-refractivity contribution is 5.80. The zero-order valence-corrected chi connectivity index (χ0v) is 16.3. The molecule has 0 aliphatic rings. The molecule has 0 spiro atoms. The number of carbonyl (C=O) groups excluding carboxylic acids is 1. The Morgan fingerprint density at radius 1 is 1.26 bits per heavy atom. The summed E-state index contributed by atoms with van der Waals surface area (Å²) in [7, 11) is 1.83. The van der Waals surface area contributed by atoms with Crippen molar-refractivity contribution in [2.45, 2.75) is 33.6 Å². The van der Waals surface area contributed by atoms with Crippen molar-refractivity contribution < 1.29 is 19.4 Å². The number of carboxylic acid groups (broad SMARTS) is 1. The molecule has 2 aromatic rings. The first-order chi connectivity index (χ1) is 12.8. The quantitative estimate of drug-likeness (QED) is 0.702. The average Bonchev–Trinajstić information content (AvgIpc) is 2.86. The molecule has 146 valence electrons. The molecule has 0 aliphatic heterocycles. The van der Waals surface area contributed by atoms with Gasteiger partial charge in [-0.25, -0.2) is 0 Å². The molecule has 7 heteroatoms. The minimum Gasteiger partial charge on any atom is -0.494 e. The van der Waals surface area contributed by atoms with Gasteiger partial charge in [-0.2, -0.15) is 5.10 Å². The Bertz CT molecular complexity index is 796. The topological polar surface area (TPSA) is 93.5 Å². The van der Waals surface area contributed by atoms with E-state index in [9.17, 15) is 14.7 Å². The predicted molar refractivity (Wildman–Crippen MR) is 102 cm³/mol. The van der Waals surface area contributed by atoms with Crippen molar-refractivity contribution in [3.63, 3.8) is 0 Å². The zero-order chi connectivity index (χ0) is 20.0. The third-order valence-corrected chi connectivity index (χ3v) is 4.61. The monoisotopic (exact) mass is 373 g/mol. The number of hydrogen-bond donors (Lipinski definition) is 2. The number of aliphatic carboxylic acids is 1. The van der Waals surface area contributed by atoms with Crippen LogP contribution in [-0.2, 0) is 29.5 Å². The van der Waals surface area contributed by atoms with Crippen LogP contribution in [0, 0.1) is 19.8 Å². The van der Waals surface area contributed by atoms with Crippen LogP contribution in [0.5, 0.6) is 5.75 Å². The highest BCUT2D eigenvalue weighted by atomic mass is 16.5. The van der Waals surface area contributed by atoms with Crippen LogP contribution in [0.25, 0.3) is 0 Å². The summed E-state index contributed by atoms with van der Waals surface area (Å²) < 4.78 is 7.13. The van der Waals surface area contributed by atoms with E-state index in [2.05, 4.69) is 10.4 Å². The number of carbonyl (C=O) groups is 2. The van der Waals surface area contributed by atoms with Crippen LogP contribution in [-0.4, -0.2) is 39.9 Å². The lowest BCUT2D eigenvalue weighted by Crippen LogP contribution is -2.35. The first-order valence-corrected chi connectivity index (χ1v) is 9.02. The van der Waals surface area contributed by atoms with Gasteiger partial charge in [-0.3, -0.25) is 14.3 Å². The maximum absolute atomic E-state index is 12.3. The van der Waals surface area contributed by atoms with Crippen molar-refractivity contribution in [2.24, 2.45) is 13.0 Å². The Morgan fingerprint density at radius 3 is 2.44 bits per heavy atom.